The Kier molecular flexibility index (Phi) is 7.99. The Morgan fingerprint density at radius 1 is 0.862 bits per heavy atom. The first kappa shape index (κ1) is 22.6. The molecule has 0 fully saturated rings. The Morgan fingerprint density at radius 3 is 1.86 bits per heavy atom. The topological polar surface area (TPSA) is 76.7 Å². The Morgan fingerprint density at radius 2 is 1.38 bits per heavy atom. The van der Waals surface area contributed by atoms with E-state index in [-0.39, 0.29) is 28.4 Å². The molecule has 8 heteroatoms. The summed E-state index contributed by atoms with van der Waals surface area (Å²) >= 11 is 11.3. The van der Waals surface area contributed by atoms with Gasteiger partial charge in [0.25, 0.3) is 0 Å². The molecule has 0 aliphatic heterocycles. The van der Waals surface area contributed by atoms with Gasteiger partial charge in [0.2, 0.25) is 0 Å². The molecule has 0 saturated carbocycles. The maximum atomic E-state index is 12.4. The van der Waals surface area contributed by atoms with Crippen LogP contribution in [0.2, 0.25) is 5.02 Å². The van der Waals surface area contributed by atoms with Crippen LogP contribution in [0.5, 0.6) is 0 Å². The largest absolute Gasteiger partial charge is 0.459 e. The fourth-order valence-corrected chi connectivity index (χ4v) is 2.79. The average molecular weight is 435 g/mol. The summed E-state index contributed by atoms with van der Waals surface area (Å²) in [6, 6.07) is 11.6. The van der Waals surface area contributed by atoms with Gasteiger partial charge in [-0.2, -0.15) is 0 Å². The van der Waals surface area contributed by atoms with Gasteiger partial charge in [0.1, 0.15) is 0 Å². The number of thiocarbonyl (C=S) groups is 1. The van der Waals surface area contributed by atoms with Crippen molar-refractivity contribution in [3.8, 4) is 0 Å². The minimum Gasteiger partial charge on any atom is -0.459 e. The first-order valence-electron chi connectivity index (χ1n) is 9.04. The summed E-state index contributed by atoms with van der Waals surface area (Å²) in [5.74, 6) is -1.09. The van der Waals surface area contributed by atoms with Gasteiger partial charge in [-0.3, -0.25) is 0 Å². The Balaban J connectivity index is 2.27. The molecule has 2 N–H and O–H groups in total. The fourth-order valence-electron chi connectivity index (χ4n) is 2.36. The summed E-state index contributed by atoms with van der Waals surface area (Å²) in [6.07, 6.45) is -0.591. The lowest BCUT2D eigenvalue weighted by Crippen LogP contribution is -2.20. The number of carbonyl (C=O) groups excluding carboxylic acids is 2. The van der Waals surface area contributed by atoms with Crippen molar-refractivity contribution in [2.45, 2.75) is 39.9 Å². The van der Waals surface area contributed by atoms with Gasteiger partial charge in [0, 0.05) is 16.4 Å². The lowest BCUT2D eigenvalue weighted by Gasteiger charge is -2.15. The minimum absolute atomic E-state index is 0.213. The van der Waals surface area contributed by atoms with Crippen molar-refractivity contribution in [1.29, 1.82) is 0 Å². The maximum Gasteiger partial charge on any atom is 0.338 e. The number of benzene rings is 2. The highest BCUT2D eigenvalue weighted by Gasteiger charge is 2.17. The molecule has 0 bridgehead atoms. The molecule has 154 valence electrons. The van der Waals surface area contributed by atoms with Crippen LogP contribution in [0.4, 0.5) is 11.4 Å². The van der Waals surface area contributed by atoms with E-state index in [0.717, 1.165) is 0 Å². The third-order valence-corrected chi connectivity index (χ3v) is 3.87. The predicted octanol–water partition coefficient (Wildman–Crippen LogP) is 5.28. The zero-order valence-corrected chi connectivity index (χ0v) is 18.2. The summed E-state index contributed by atoms with van der Waals surface area (Å²) in [6.45, 7) is 6.99. The Hall–Kier alpha value is -2.64. The van der Waals surface area contributed by atoms with Gasteiger partial charge < -0.3 is 20.1 Å². The molecule has 0 unspecified atom stereocenters. The SMILES string of the molecule is CC(C)OC(=O)c1cc(NC(=S)Nc2cccc(Cl)c2)cc(C(=O)OC(C)C)c1. The highest BCUT2D eigenvalue weighted by molar-refractivity contribution is 7.80. The number of anilines is 2. The second kappa shape index (κ2) is 10.2. The van der Waals surface area contributed by atoms with Crippen molar-refractivity contribution in [1.82, 2.24) is 0 Å². The van der Waals surface area contributed by atoms with Crippen LogP contribution in [-0.4, -0.2) is 29.3 Å². The van der Waals surface area contributed by atoms with Gasteiger partial charge >= 0.3 is 11.9 Å². The highest BCUT2D eigenvalue weighted by atomic mass is 35.5. The highest BCUT2D eigenvalue weighted by Crippen LogP contribution is 2.20. The average Bonchev–Trinajstić information content (AvgIpc) is 2.60. The zero-order chi connectivity index (χ0) is 21.6. The fraction of sp³-hybridized carbons (Fsp3) is 0.286. The van der Waals surface area contributed by atoms with Crippen molar-refractivity contribution in [3.05, 3.63) is 58.6 Å². The van der Waals surface area contributed by atoms with Crippen LogP contribution in [0.15, 0.2) is 42.5 Å². The number of ether oxygens (including phenoxy) is 2. The van der Waals surface area contributed by atoms with Crippen molar-refractivity contribution >= 4 is 52.2 Å². The van der Waals surface area contributed by atoms with E-state index >= 15 is 0 Å². The zero-order valence-electron chi connectivity index (χ0n) is 16.6. The molecule has 0 aromatic heterocycles. The first-order chi connectivity index (χ1) is 13.6. The van der Waals surface area contributed by atoms with Crippen molar-refractivity contribution < 1.29 is 19.1 Å². The number of esters is 2. The molecule has 29 heavy (non-hydrogen) atoms. The number of hydrogen-bond acceptors (Lipinski definition) is 5. The number of nitrogens with one attached hydrogen (secondary N) is 2. The molecule has 2 rings (SSSR count). The first-order valence-corrected chi connectivity index (χ1v) is 9.83. The van der Waals surface area contributed by atoms with E-state index in [1.54, 1.807) is 58.0 Å². The normalized spacial score (nSPS) is 10.6. The maximum absolute atomic E-state index is 12.4. The van der Waals surface area contributed by atoms with Crippen molar-refractivity contribution in [3.63, 3.8) is 0 Å². The van der Waals surface area contributed by atoms with E-state index in [4.69, 9.17) is 33.3 Å². The van der Waals surface area contributed by atoms with Crippen LogP contribution in [0.1, 0.15) is 48.4 Å². The molecule has 0 heterocycles. The Labute approximate surface area is 180 Å². The molecular formula is C21H23ClN2O4S. The van der Waals surface area contributed by atoms with Gasteiger partial charge in [0.05, 0.1) is 23.3 Å². The van der Waals surface area contributed by atoms with Crippen LogP contribution < -0.4 is 10.6 Å². The molecule has 2 aromatic rings. The lowest BCUT2D eigenvalue weighted by molar-refractivity contribution is 0.0377. The van der Waals surface area contributed by atoms with E-state index in [0.29, 0.717) is 16.4 Å². The third-order valence-electron chi connectivity index (χ3n) is 3.43. The quantitative estimate of drug-likeness (QED) is 0.473. The molecule has 0 amide bonds. The number of hydrogen-bond donors (Lipinski definition) is 2. The number of halogens is 1. The summed E-state index contributed by atoms with van der Waals surface area (Å²) < 4.78 is 10.5. The second-order valence-electron chi connectivity index (χ2n) is 6.80. The molecular weight excluding hydrogens is 412 g/mol. The van der Waals surface area contributed by atoms with Crippen molar-refractivity contribution in [2.24, 2.45) is 0 Å². The number of rotatable bonds is 6. The van der Waals surface area contributed by atoms with Gasteiger partial charge in [-0.05, 0) is 76.3 Å². The standard InChI is InChI=1S/C21H23ClN2O4S/c1-12(2)27-19(25)14-8-15(20(26)28-13(3)4)10-18(9-14)24-21(29)23-17-7-5-6-16(22)11-17/h5-13H,1-4H3,(H2,23,24,29). The summed E-state index contributed by atoms with van der Waals surface area (Å²) in [7, 11) is 0. The van der Waals surface area contributed by atoms with Gasteiger partial charge in [-0.25, -0.2) is 9.59 Å². The summed E-state index contributed by atoms with van der Waals surface area (Å²) in [5, 5.41) is 6.80. The van der Waals surface area contributed by atoms with Gasteiger partial charge in [-0.1, -0.05) is 17.7 Å². The molecule has 0 spiro atoms. The minimum atomic E-state index is -0.545. The van der Waals surface area contributed by atoms with E-state index in [1.807, 2.05) is 6.07 Å². The predicted molar refractivity (Wildman–Crippen MR) is 119 cm³/mol. The van der Waals surface area contributed by atoms with Crippen LogP contribution in [0.25, 0.3) is 0 Å². The molecule has 0 atom stereocenters. The molecule has 0 aliphatic carbocycles. The van der Waals surface area contributed by atoms with Crippen LogP contribution in [0.3, 0.4) is 0 Å². The summed E-state index contributed by atoms with van der Waals surface area (Å²) in [5.41, 5.74) is 1.57. The van der Waals surface area contributed by atoms with E-state index in [1.165, 1.54) is 6.07 Å². The van der Waals surface area contributed by atoms with E-state index in [2.05, 4.69) is 10.6 Å². The summed E-state index contributed by atoms with van der Waals surface area (Å²) in [4.78, 5) is 24.7. The molecule has 0 radical (unpaired) electrons. The Bertz CT molecular complexity index is 875. The second-order valence-corrected chi connectivity index (χ2v) is 7.64. The van der Waals surface area contributed by atoms with Gasteiger partial charge in [0.15, 0.2) is 5.11 Å². The number of carbonyl (C=O) groups is 2. The molecule has 6 nitrogen and oxygen atoms in total. The van der Waals surface area contributed by atoms with Gasteiger partial charge in [-0.15, -0.1) is 0 Å². The monoisotopic (exact) mass is 434 g/mol. The molecule has 0 aliphatic rings. The van der Waals surface area contributed by atoms with Crippen LogP contribution >= 0.6 is 23.8 Å². The lowest BCUT2D eigenvalue weighted by atomic mass is 10.1. The molecule has 0 saturated heterocycles. The van der Waals surface area contributed by atoms with E-state index < -0.39 is 11.9 Å². The third kappa shape index (κ3) is 7.36. The smallest absolute Gasteiger partial charge is 0.338 e. The molecule has 2 aromatic carbocycles. The van der Waals surface area contributed by atoms with Crippen molar-refractivity contribution in [2.75, 3.05) is 10.6 Å². The van der Waals surface area contributed by atoms with Crippen LogP contribution in [-0.2, 0) is 9.47 Å². The van der Waals surface area contributed by atoms with Crippen LogP contribution in [0, 0.1) is 0 Å². The van der Waals surface area contributed by atoms with E-state index in [9.17, 15) is 9.59 Å².